The van der Waals surface area contributed by atoms with Crippen LogP contribution >= 0.6 is 0 Å². The Balaban J connectivity index is 1.41. The molecule has 4 nitrogen and oxygen atoms in total. The second-order valence-corrected chi connectivity index (χ2v) is 9.92. The predicted molar refractivity (Wildman–Crippen MR) is 161 cm³/mol. The second-order valence-electron chi connectivity index (χ2n) is 9.92. The summed E-state index contributed by atoms with van der Waals surface area (Å²) in [6.45, 7) is 0. The Bertz CT molecular complexity index is 2300. The van der Waals surface area contributed by atoms with Gasteiger partial charge < -0.3 is 8.98 Å². The molecule has 0 atom stereocenters. The molecule has 0 aliphatic heterocycles. The third-order valence-corrected chi connectivity index (χ3v) is 7.70. The fourth-order valence-electron chi connectivity index (χ4n) is 5.98. The molecular formula is C36H21N3O. The molecule has 3 aromatic heterocycles. The number of hydrogen-bond acceptors (Lipinski definition) is 3. The number of nitrogens with zero attached hydrogens (tertiary/aromatic N) is 3. The van der Waals surface area contributed by atoms with E-state index in [9.17, 15) is 5.26 Å². The van der Waals surface area contributed by atoms with E-state index in [4.69, 9.17) is 4.42 Å². The summed E-state index contributed by atoms with van der Waals surface area (Å²) in [6.07, 6.45) is 1.69. The maximum Gasteiger partial charge on any atom is 0.141 e. The molecule has 4 heteroatoms. The molecule has 0 fully saturated rings. The molecule has 0 amide bonds. The van der Waals surface area contributed by atoms with Gasteiger partial charge in [-0.2, -0.15) is 5.26 Å². The van der Waals surface area contributed by atoms with E-state index >= 15 is 0 Å². The molecular weight excluding hydrogens is 490 g/mol. The topological polar surface area (TPSA) is 54.8 Å². The first-order chi connectivity index (χ1) is 19.8. The van der Waals surface area contributed by atoms with Crippen LogP contribution in [0, 0.1) is 11.3 Å². The number of aromatic nitrogens is 2. The van der Waals surface area contributed by atoms with Gasteiger partial charge in [0.05, 0.1) is 16.7 Å². The molecule has 0 bridgehead atoms. The predicted octanol–water partition coefficient (Wildman–Crippen LogP) is 9.28. The highest BCUT2D eigenvalue weighted by atomic mass is 16.3. The average molecular weight is 512 g/mol. The molecule has 0 saturated carbocycles. The van der Waals surface area contributed by atoms with Crippen molar-refractivity contribution in [2.45, 2.75) is 0 Å². The molecule has 8 aromatic rings. The summed E-state index contributed by atoms with van der Waals surface area (Å²) in [4.78, 5) is 4.14. The highest BCUT2D eigenvalue weighted by Gasteiger charge is 2.20. The van der Waals surface area contributed by atoms with Crippen LogP contribution in [-0.2, 0) is 0 Å². The normalized spacial score (nSPS) is 11.5. The summed E-state index contributed by atoms with van der Waals surface area (Å²) >= 11 is 0. The minimum absolute atomic E-state index is 0.409. The third kappa shape index (κ3) is 3.28. The Morgan fingerprint density at radius 1 is 0.600 bits per heavy atom. The van der Waals surface area contributed by atoms with E-state index in [-0.39, 0.29) is 0 Å². The summed E-state index contributed by atoms with van der Waals surface area (Å²) in [5.41, 5.74) is 9.82. The third-order valence-electron chi connectivity index (χ3n) is 7.70. The Hall–Kier alpha value is -5.66. The molecule has 40 heavy (non-hydrogen) atoms. The van der Waals surface area contributed by atoms with Gasteiger partial charge in [0.15, 0.2) is 0 Å². The first-order valence-electron chi connectivity index (χ1n) is 13.2. The molecule has 8 rings (SSSR count). The van der Waals surface area contributed by atoms with Crippen molar-refractivity contribution in [3.05, 3.63) is 133 Å². The van der Waals surface area contributed by atoms with Crippen molar-refractivity contribution in [3.63, 3.8) is 0 Å². The molecule has 0 radical (unpaired) electrons. The minimum Gasteiger partial charge on any atom is -0.456 e. The van der Waals surface area contributed by atoms with E-state index in [0.717, 1.165) is 60.9 Å². The lowest BCUT2D eigenvalue weighted by Gasteiger charge is -2.15. The van der Waals surface area contributed by atoms with E-state index in [1.54, 1.807) is 6.20 Å². The maximum atomic E-state index is 9.35. The van der Waals surface area contributed by atoms with Gasteiger partial charge in [0.25, 0.3) is 0 Å². The summed E-state index contributed by atoms with van der Waals surface area (Å²) in [6, 6.07) is 44.1. The van der Waals surface area contributed by atoms with Crippen LogP contribution in [0.4, 0.5) is 0 Å². The van der Waals surface area contributed by atoms with Gasteiger partial charge in [-0.15, -0.1) is 0 Å². The average Bonchev–Trinajstić information content (AvgIpc) is 3.56. The number of pyridine rings is 1. The van der Waals surface area contributed by atoms with Crippen molar-refractivity contribution >= 4 is 43.7 Å². The number of nitriles is 1. The zero-order chi connectivity index (χ0) is 26.6. The Kier molecular flexibility index (Phi) is 4.85. The zero-order valence-electron chi connectivity index (χ0n) is 21.4. The van der Waals surface area contributed by atoms with Crippen LogP contribution in [0.25, 0.3) is 71.7 Å². The van der Waals surface area contributed by atoms with Crippen molar-refractivity contribution in [3.8, 4) is 34.0 Å². The maximum absolute atomic E-state index is 9.35. The molecule has 0 aliphatic rings. The lowest BCUT2D eigenvalue weighted by Crippen LogP contribution is -1.97. The molecule has 0 saturated heterocycles. The largest absolute Gasteiger partial charge is 0.456 e. The summed E-state index contributed by atoms with van der Waals surface area (Å²) in [5, 5.41) is 14.0. The SMILES string of the molecule is N#Cc1cc(-c2cccc(-c3ccccc3-n3c4ccccc4c4c5c(ccc43)oc3ccccc35)c2)ccn1. The van der Waals surface area contributed by atoms with Gasteiger partial charge in [-0.25, -0.2) is 4.98 Å². The molecule has 0 unspecified atom stereocenters. The quantitative estimate of drug-likeness (QED) is 0.237. The van der Waals surface area contributed by atoms with E-state index in [1.807, 2.05) is 24.3 Å². The monoisotopic (exact) mass is 511 g/mol. The number of benzene rings is 5. The van der Waals surface area contributed by atoms with Crippen molar-refractivity contribution in [2.75, 3.05) is 0 Å². The van der Waals surface area contributed by atoms with Crippen LogP contribution in [0.3, 0.4) is 0 Å². The second kappa shape index (κ2) is 8.69. The fraction of sp³-hybridized carbons (Fsp3) is 0. The van der Waals surface area contributed by atoms with Crippen molar-refractivity contribution in [2.24, 2.45) is 0 Å². The fourth-order valence-corrected chi connectivity index (χ4v) is 5.98. The molecule has 3 heterocycles. The summed E-state index contributed by atoms with van der Waals surface area (Å²) in [7, 11) is 0. The first-order valence-corrected chi connectivity index (χ1v) is 13.2. The van der Waals surface area contributed by atoms with Gasteiger partial charge in [-0.1, -0.05) is 72.8 Å². The molecule has 0 N–H and O–H groups in total. The lowest BCUT2D eigenvalue weighted by atomic mass is 9.98. The zero-order valence-corrected chi connectivity index (χ0v) is 21.4. The number of rotatable bonds is 3. The van der Waals surface area contributed by atoms with E-state index in [1.165, 1.54) is 10.8 Å². The van der Waals surface area contributed by atoms with Crippen LogP contribution < -0.4 is 0 Å². The molecule has 5 aromatic carbocycles. The molecule has 186 valence electrons. The van der Waals surface area contributed by atoms with Gasteiger partial charge in [-0.05, 0) is 65.2 Å². The van der Waals surface area contributed by atoms with E-state index < -0.39 is 0 Å². The summed E-state index contributed by atoms with van der Waals surface area (Å²) < 4.78 is 8.62. The Morgan fingerprint density at radius 3 is 2.30 bits per heavy atom. The number of fused-ring (bicyclic) bond motifs is 7. The van der Waals surface area contributed by atoms with Crippen molar-refractivity contribution in [1.82, 2.24) is 9.55 Å². The molecule has 0 spiro atoms. The van der Waals surface area contributed by atoms with Crippen LogP contribution in [0.15, 0.2) is 132 Å². The standard InChI is InChI=1S/C36H21N3O/c37-22-26-21-24(18-19-38-26)23-8-7-9-25(20-23)27-10-1-4-13-30(27)39-31-14-5-2-11-28(31)35-32(39)16-17-34-36(35)29-12-3-6-15-33(29)40-34/h1-21H. The van der Waals surface area contributed by atoms with E-state index in [0.29, 0.717) is 5.69 Å². The number of hydrogen-bond donors (Lipinski definition) is 0. The van der Waals surface area contributed by atoms with Gasteiger partial charge in [0.2, 0.25) is 0 Å². The highest BCUT2D eigenvalue weighted by molar-refractivity contribution is 6.27. The van der Waals surface area contributed by atoms with Crippen molar-refractivity contribution in [1.29, 1.82) is 5.26 Å². The first kappa shape index (κ1) is 22.3. The smallest absolute Gasteiger partial charge is 0.141 e. The van der Waals surface area contributed by atoms with Crippen LogP contribution in [0.5, 0.6) is 0 Å². The minimum atomic E-state index is 0.409. The van der Waals surface area contributed by atoms with Crippen molar-refractivity contribution < 1.29 is 4.42 Å². The van der Waals surface area contributed by atoms with E-state index in [2.05, 4.69) is 113 Å². The van der Waals surface area contributed by atoms with Gasteiger partial charge in [0, 0.05) is 33.3 Å². The lowest BCUT2D eigenvalue weighted by molar-refractivity contribution is 0.669. The van der Waals surface area contributed by atoms with Crippen LogP contribution in [-0.4, -0.2) is 9.55 Å². The van der Waals surface area contributed by atoms with Gasteiger partial charge in [0.1, 0.15) is 22.9 Å². The van der Waals surface area contributed by atoms with Gasteiger partial charge in [-0.3, -0.25) is 0 Å². The number of furan rings is 1. The van der Waals surface area contributed by atoms with Crippen LogP contribution in [0.1, 0.15) is 5.69 Å². The Morgan fingerprint density at radius 2 is 1.38 bits per heavy atom. The molecule has 0 aliphatic carbocycles. The Labute approximate surface area is 230 Å². The number of para-hydroxylation sites is 3. The summed E-state index contributed by atoms with van der Waals surface area (Å²) in [5.74, 6) is 0. The van der Waals surface area contributed by atoms with Gasteiger partial charge >= 0.3 is 0 Å². The highest BCUT2D eigenvalue weighted by Crippen LogP contribution is 2.42. The van der Waals surface area contributed by atoms with Crippen LogP contribution in [0.2, 0.25) is 0 Å².